The molecule has 0 bridgehead atoms. The van der Waals surface area contributed by atoms with Gasteiger partial charge in [-0.05, 0) is 34.1 Å². The van der Waals surface area contributed by atoms with E-state index in [1.54, 1.807) is 23.7 Å². The van der Waals surface area contributed by atoms with E-state index >= 15 is 0 Å². The fourth-order valence-corrected chi connectivity index (χ4v) is 5.09. The minimum Gasteiger partial charge on any atom is -0.378 e. The Morgan fingerprint density at radius 1 is 1.06 bits per heavy atom. The molecule has 9 heteroatoms. The molecule has 157 valence electrons. The van der Waals surface area contributed by atoms with E-state index in [-0.39, 0.29) is 20.1 Å². The van der Waals surface area contributed by atoms with E-state index in [0.29, 0.717) is 0 Å². The SMILES string of the molecule is C=C1N(C)c2nccnc2N1c1[c-]ccc2c1sc1nc3cc(N(C)C)ccc3n12.[Ir]. The summed E-state index contributed by atoms with van der Waals surface area (Å²) in [7, 11) is 6.03. The summed E-state index contributed by atoms with van der Waals surface area (Å²) < 4.78 is 3.30. The van der Waals surface area contributed by atoms with Crippen LogP contribution in [0.2, 0.25) is 0 Å². The molecule has 3 aromatic heterocycles. The van der Waals surface area contributed by atoms with Gasteiger partial charge in [0.25, 0.3) is 0 Å². The molecule has 0 unspecified atom stereocenters. The van der Waals surface area contributed by atoms with Gasteiger partial charge in [0.1, 0.15) is 5.82 Å². The number of nitrogens with zero attached hydrogens (tertiary/aromatic N) is 7. The topological polar surface area (TPSA) is 52.8 Å². The van der Waals surface area contributed by atoms with Gasteiger partial charge in [-0.3, -0.25) is 0 Å². The predicted molar refractivity (Wildman–Crippen MR) is 123 cm³/mol. The number of thiazole rings is 1. The maximum absolute atomic E-state index is 4.90. The Bertz CT molecular complexity index is 1490. The Labute approximate surface area is 196 Å². The molecule has 4 heterocycles. The Morgan fingerprint density at radius 2 is 1.84 bits per heavy atom. The quantitative estimate of drug-likeness (QED) is 0.279. The number of anilines is 4. The van der Waals surface area contributed by atoms with Crippen LogP contribution in [-0.4, -0.2) is 40.5 Å². The van der Waals surface area contributed by atoms with Gasteiger partial charge in [-0.15, -0.1) is 6.07 Å². The molecule has 6 rings (SSSR count). The largest absolute Gasteiger partial charge is 0.378 e. The first-order valence-corrected chi connectivity index (χ1v) is 10.3. The second-order valence-corrected chi connectivity index (χ2v) is 8.43. The molecule has 0 fully saturated rings. The maximum Gasteiger partial charge on any atom is 0.181 e. The summed E-state index contributed by atoms with van der Waals surface area (Å²) in [5.41, 5.74) is 5.23. The van der Waals surface area contributed by atoms with E-state index in [4.69, 9.17) is 4.98 Å². The molecular formula is C22H18IrN7S-. The molecule has 1 aliphatic rings. The fourth-order valence-electron chi connectivity index (χ4n) is 3.97. The molecular weight excluding hydrogens is 587 g/mol. The van der Waals surface area contributed by atoms with E-state index < -0.39 is 0 Å². The summed E-state index contributed by atoms with van der Waals surface area (Å²) in [6.45, 7) is 4.26. The van der Waals surface area contributed by atoms with E-state index in [1.807, 2.05) is 37.0 Å². The van der Waals surface area contributed by atoms with Crippen molar-refractivity contribution in [1.29, 1.82) is 0 Å². The van der Waals surface area contributed by atoms with Gasteiger partial charge in [-0.25, -0.2) is 15.0 Å². The Morgan fingerprint density at radius 3 is 2.61 bits per heavy atom. The van der Waals surface area contributed by atoms with Crippen molar-refractivity contribution in [1.82, 2.24) is 19.4 Å². The third-order valence-electron chi connectivity index (χ3n) is 5.53. The molecule has 0 atom stereocenters. The average molecular weight is 605 g/mol. The molecule has 0 N–H and O–H groups in total. The van der Waals surface area contributed by atoms with Gasteiger partial charge in [-0.2, -0.15) is 23.5 Å². The zero-order valence-electron chi connectivity index (χ0n) is 17.1. The fraction of sp³-hybridized carbons (Fsp3) is 0.136. The zero-order valence-corrected chi connectivity index (χ0v) is 20.3. The summed E-state index contributed by atoms with van der Waals surface area (Å²) in [5.74, 6) is 2.35. The summed E-state index contributed by atoms with van der Waals surface area (Å²) in [6, 6.07) is 13.8. The van der Waals surface area contributed by atoms with Gasteiger partial charge < -0.3 is 19.1 Å². The van der Waals surface area contributed by atoms with Crippen LogP contribution in [0.5, 0.6) is 0 Å². The van der Waals surface area contributed by atoms with Crippen LogP contribution in [0.1, 0.15) is 0 Å². The Hall–Kier alpha value is -3.00. The maximum atomic E-state index is 4.90. The second kappa shape index (κ2) is 7.02. The van der Waals surface area contributed by atoms with Crippen LogP contribution in [0.15, 0.2) is 55.1 Å². The third-order valence-corrected chi connectivity index (χ3v) is 6.59. The molecule has 0 saturated carbocycles. The number of fused-ring (bicyclic) bond motifs is 6. The van der Waals surface area contributed by atoms with Crippen molar-refractivity contribution in [3.63, 3.8) is 0 Å². The van der Waals surface area contributed by atoms with Crippen LogP contribution in [0.25, 0.3) is 26.2 Å². The van der Waals surface area contributed by atoms with Gasteiger partial charge >= 0.3 is 0 Å². The monoisotopic (exact) mass is 605 g/mol. The second-order valence-electron chi connectivity index (χ2n) is 7.45. The number of hydrogen-bond donors (Lipinski definition) is 0. The van der Waals surface area contributed by atoms with Crippen LogP contribution in [0, 0.1) is 6.07 Å². The number of aromatic nitrogens is 4. The normalized spacial score (nSPS) is 13.3. The molecule has 0 aliphatic carbocycles. The molecule has 0 spiro atoms. The molecule has 1 radical (unpaired) electrons. The molecule has 2 aromatic carbocycles. The van der Waals surface area contributed by atoms with Crippen molar-refractivity contribution in [2.24, 2.45) is 0 Å². The van der Waals surface area contributed by atoms with Crippen LogP contribution in [-0.2, 0) is 20.1 Å². The van der Waals surface area contributed by atoms with Gasteiger partial charge in [0.05, 0.1) is 11.0 Å². The van der Waals surface area contributed by atoms with Gasteiger partial charge in [-0.1, -0.05) is 6.58 Å². The van der Waals surface area contributed by atoms with Gasteiger partial charge in [0, 0.05) is 59.3 Å². The van der Waals surface area contributed by atoms with E-state index in [0.717, 1.165) is 55.0 Å². The standard InChI is InChI=1S/C22H18N7S.Ir/c1-13-27(4)20-21(24-11-10-23-20)28(13)17-6-5-7-18-19(17)30-22-25-15-12-14(26(2)3)8-9-16(15)29(18)22;/h5,7-12H,1H2,2-4H3;/q-1;. The van der Waals surface area contributed by atoms with Crippen molar-refractivity contribution in [2.75, 3.05) is 35.8 Å². The van der Waals surface area contributed by atoms with Crippen LogP contribution >= 0.6 is 11.3 Å². The first-order chi connectivity index (χ1) is 14.5. The van der Waals surface area contributed by atoms with Crippen molar-refractivity contribution in [3.05, 3.63) is 61.2 Å². The number of benzene rings is 2. The number of rotatable bonds is 2. The van der Waals surface area contributed by atoms with E-state index in [9.17, 15) is 0 Å². The predicted octanol–water partition coefficient (Wildman–Crippen LogP) is 4.41. The first kappa shape index (κ1) is 19.9. The molecule has 7 nitrogen and oxygen atoms in total. The average Bonchev–Trinajstić information content (AvgIpc) is 3.36. The molecule has 1 aliphatic heterocycles. The number of hydrogen-bond acceptors (Lipinski definition) is 7. The van der Waals surface area contributed by atoms with E-state index in [1.165, 1.54) is 0 Å². The summed E-state index contributed by atoms with van der Waals surface area (Å²) in [6.07, 6.45) is 3.40. The number of imidazole rings is 1. The molecule has 0 amide bonds. The van der Waals surface area contributed by atoms with Crippen molar-refractivity contribution >= 4 is 60.6 Å². The van der Waals surface area contributed by atoms with Crippen LogP contribution < -0.4 is 14.7 Å². The van der Waals surface area contributed by atoms with Crippen molar-refractivity contribution < 1.29 is 20.1 Å². The first-order valence-electron chi connectivity index (χ1n) is 9.51. The molecule has 0 saturated heterocycles. The summed E-state index contributed by atoms with van der Waals surface area (Å²) in [5, 5.41) is 0. The van der Waals surface area contributed by atoms with Crippen LogP contribution in [0.3, 0.4) is 0 Å². The van der Waals surface area contributed by atoms with Crippen molar-refractivity contribution in [2.45, 2.75) is 0 Å². The van der Waals surface area contributed by atoms with E-state index in [2.05, 4.69) is 56.2 Å². The summed E-state index contributed by atoms with van der Waals surface area (Å²) in [4.78, 5) is 20.9. The van der Waals surface area contributed by atoms with Gasteiger partial charge in [0.15, 0.2) is 16.6 Å². The molecule has 31 heavy (non-hydrogen) atoms. The smallest absolute Gasteiger partial charge is 0.181 e. The summed E-state index contributed by atoms with van der Waals surface area (Å²) >= 11 is 1.65. The minimum atomic E-state index is 0. The third kappa shape index (κ3) is 2.70. The zero-order chi connectivity index (χ0) is 20.6. The van der Waals surface area contributed by atoms with Gasteiger partial charge in [0.2, 0.25) is 0 Å². The Kier molecular flexibility index (Phi) is 4.51. The minimum absolute atomic E-state index is 0. The van der Waals surface area contributed by atoms with Crippen LogP contribution in [0.4, 0.5) is 23.0 Å². The molecule has 5 aromatic rings. The van der Waals surface area contributed by atoms with Crippen molar-refractivity contribution in [3.8, 4) is 0 Å². The Balaban J connectivity index is 0.00000204.